The first-order valence-corrected chi connectivity index (χ1v) is 5.70. The van der Waals surface area contributed by atoms with Crippen molar-refractivity contribution in [2.45, 2.75) is 13.0 Å². The first-order valence-electron chi connectivity index (χ1n) is 5.33. The maximum atomic E-state index is 13.6. The number of hydrogen-bond acceptors (Lipinski definition) is 3. The lowest BCUT2D eigenvalue weighted by Gasteiger charge is -2.13. The summed E-state index contributed by atoms with van der Waals surface area (Å²) in [7, 11) is 0. The Morgan fingerprint density at radius 3 is 2.83 bits per heavy atom. The van der Waals surface area contributed by atoms with E-state index in [2.05, 4.69) is 4.98 Å². The molecule has 2 aromatic rings. The van der Waals surface area contributed by atoms with Crippen LogP contribution in [0.2, 0.25) is 5.02 Å². The van der Waals surface area contributed by atoms with E-state index < -0.39 is 11.9 Å². The van der Waals surface area contributed by atoms with Crippen LogP contribution in [0.4, 0.5) is 4.39 Å². The highest BCUT2D eigenvalue weighted by atomic mass is 35.5. The standard InChI is InChI=1S/C13H11ClFNO2/c1-8(17)13-11(15)3-2-4-12(13)18-10-5-9(14)6-16-7-10/h2-8,17H,1H3. The Morgan fingerprint density at radius 2 is 2.17 bits per heavy atom. The van der Waals surface area contributed by atoms with Crippen molar-refractivity contribution in [3.8, 4) is 11.5 Å². The Balaban J connectivity index is 2.37. The minimum absolute atomic E-state index is 0.109. The number of ether oxygens (including phenoxy) is 1. The number of halogens is 2. The second-order valence-corrected chi connectivity index (χ2v) is 4.20. The normalized spacial score (nSPS) is 12.2. The maximum Gasteiger partial charge on any atom is 0.147 e. The molecule has 1 unspecified atom stereocenters. The van der Waals surface area contributed by atoms with Gasteiger partial charge in [-0.3, -0.25) is 4.98 Å². The highest BCUT2D eigenvalue weighted by molar-refractivity contribution is 6.30. The summed E-state index contributed by atoms with van der Waals surface area (Å²) in [5.41, 5.74) is 0.109. The van der Waals surface area contributed by atoms with Gasteiger partial charge in [-0.25, -0.2) is 4.39 Å². The lowest BCUT2D eigenvalue weighted by molar-refractivity contribution is 0.190. The topological polar surface area (TPSA) is 42.4 Å². The number of rotatable bonds is 3. The molecule has 1 heterocycles. The SMILES string of the molecule is CC(O)c1c(F)cccc1Oc1cncc(Cl)c1. The molecule has 3 nitrogen and oxygen atoms in total. The molecule has 18 heavy (non-hydrogen) atoms. The highest BCUT2D eigenvalue weighted by Crippen LogP contribution is 2.31. The monoisotopic (exact) mass is 267 g/mol. The summed E-state index contributed by atoms with van der Waals surface area (Å²) < 4.78 is 19.1. The van der Waals surface area contributed by atoms with Gasteiger partial charge in [0.05, 0.1) is 22.9 Å². The minimum Gasteiger partial charge on any atom is -0.455 e. The maximum absolute atomic E-state index is 13.6. The van der Waals surface area contributed by atoms with Crippen LogP contribution in [0.25, 0.3) is 0 Å². The molecule has 0 aliphatic rings. The van der Waals surface area contributed by atoms with Gasteiger partial charge in [-0.05, 0) is 19.1 Å². The van der Waals surface area contributed by atoms with Gasteiger partial charge in [0, 0.05) is 12.3 Å². The smallest absolute Gasteiger partial charge is 0.147 e. The van der Waals surface area contributed by atoms with Gasteiger partial charge in [-0.1, -0.05) is 17.7 Å². The van der Waals surface area contributed by atoms with Crippen molar-refractivity contribution < 1.29 is 14.2 Å². The molecular weight excluding hydrogens is 257 g/mol. The van der Waals surface area contributed by atoms with Crippen LogP contribution in [0, 0.1) is 5.82 Å². The molecule has 0 fully saturated rings. The first kappa shape index (κ1) is 12.8. The molecule has 1 N–H and O–H groups in total. The van der Waals surface area contributed by atoms with Gasteiger partial charge in [0.25, 0.3) is 0 Å². The molecular formula is C13H11ClFNO2. The summed E-state index contributed by atoms with van der Waals surface area (Å²) in [5.74, 6) is 0.113. The minimum atomic E-state index is -0.964. The van der Waals surface area contributed by atoms with Gasteiger partial charge in [0.1, 0.15) is 17.3 Å². The first-order chi connectivity index (χ1) is 8.58. The molecule has 0 saturated carbocycles. The fourth-order valence-corrected chi connectivity index (χ4v) is 1.75. The molecule has 94 valence electrons. The molecule has 0 radical (unpaired) electrons. The van der Waals surface area contributed by atoms with E-state index in [9.17, 15) is 9.50 Å². The van der Waals surface area contributed by atoms with Crippen molar-refractivity contribution in [3.05, 3.63) is 53.1 Å². The number of aromatic nitrogens is 1. The summed E-state index contributed by atoms with van der Waals surface area (Å²) >= 11 is 5.78. The van der Waals surface area contributed by atoms with Gasteiger partial charge in [-0.2, -0.15) is 0 Å². The fraction of sp³-hybridized carbons (Fsp3) is 0.154. The molecule has 1 aromatic heterocycles. The molecule has 2 rings (SSSR count). The number of aliphatic hydroxyl groups is 1. The number of nitrogens with zero attached hydrogens (tertiary/aromatic N) is 1. The number of benzene rings is 1. The van der Waals surface area contributed by atoms with Crippen LogP contribution in [0.3, 0.4) is 0 Å². The summed E-state index contributed by atoms with van der Waals surface area (Å²) in [6.45, 7) is 1.47. The summed E-state index contributed by atoms with van der Waals surface area (Å²) in [6, 6.07) is 5.91. The van der Waals surface area contributed by atoms with E-state index in [0.29, 0.717) is 10.8 Å². The van der Waals surface area contributed by atoms with Crippen molar-refractivity contribution in [1.82, 2.24) is 4.98 Å². The van der Waals surface area contributed by atoms with Crippen LogP contribution in [0.1, 0.15) is 18.6 Å². The zero-order chi connectivity index (χ0) is 13.1. The molecule has 5 heteroatoms. The van der Waals surface area contributed by atoms with Crippen LogP contribution in [0.5, 0.6) is 11.5 Å². The zero-order valence-electron chi connectivity index (χ0n) is 9.60. The predicted molar refractivity (Wildman–Crippen MR) is 66.4 cm³/mol. The van der Waals surface area contributed by atoms with Crippen LogP contribution >= 0.6 is 11.6 Å². The van der Waals surface area contributed by atoms with Crippen LogP contribution in [-0.2, 0) is 0 Å². The van der Waals surface area contributed by atoms with Crippen molar-refractivity contribution >= 4 is 11.6 Å². The molecule has 0 amide bonds. The molecule has 0 spiro atoms. The van der Waals surface area contributed by atoms with E-state index in [0.717, 1.165) is 0 Å². The Labute approximate surface area is 109 Å². The second-order valence-electron chi connectivity index (χ2n) is 3.77. The third-order valence-electron chi connectivity index (χ3n) is 2.34. The Hall–Kier alpha value is -1.65. The van der Waals surface area contributed by atoms with Gasteiger partial charge in [0.15, 0.2) is 0 Å². The lowest BCUT2D eigenvalue weighted by Crippen LogP contribution is -1.99. The second kappa shape index (κ2) is 5.33. The van der Waals surface area contributed by atoms with E-state index >= 15 is 0 Å². The Bertz CT molecular complexity index is 560. The zero-order valence-corrected chi connectivity index (χ0v) is 10.4. The number of pyridine rings is 1. The summed E-state index contributed by atoms with van der Waals surface area (Å²) in [4.78, 5) is 3.86. The lowest BCUT2D eigenvalue weighted by atomic mass is 10.1. The summed E-state index contributed by atoms with van der Waals surface area (Å²) in [5, 5.41) is 9.98. The van der Waals surface area contributed by atoms with Crippen LogP contribution in [0.15, 0.2) is 36.7 Å². The number of hydrogen-bond donors (Lipinski definition) is 1. The van der Waals surface area contributed by atoms with E-state index in [4.69, 9.17) is 16.3 Å². The predicted octanol–water partition coefficient (Wildman–Crippen LogP) is 3.72. The van der Waals surface area contributed by atoms with Crippen LogP contribution < -0.4 is 4.74 Å². The van der Waals surface area contributed by atoms with E-state index in [1.54, 1.807) is 12.1 Å². The molecule has 0 bridgehead atoms. The Kier molecular flexibility index (Phi) is 3.79. The van der Waals surface area contributed by atoms with E-state index in [1.165, 1.54) is 31.5 Å². The average Bonchev–Trinajstić information content (AvgIpc) is 2.28. The van der Waals surface area contributed by atoms with Crippen molar-refractivity contribution in [3.63, 3.8) is 0 Å². The molecule has 0 saturated heterocycles. The van der Waals surface area contributed by atoms with Crippen LogP contribution in [-0.4, -0.2) is 10.1 Å². The highest BCUT2D eigenvalue weighted by Gasteiger charge is 2.15. The van der Waals surface area contributed by atoms with E-state index in [1.807, 2.05) is 0 Å². The van der Waals surface area contributed by atoms with Gasteiger partial charge in [-0.15, -0.1) is 0 Å². The summed E-state index contributed by atoms with van der Waals surface area (Å²) in [6.07, 6.45) is 1.96. The third-order valence-corrected chi connectivity index (χ3v) is 2.54. The number of aliphatic hydroxyl groups excluding tert-OH is 1. The molecule has 1 atom stereocenters. The van der Waals surface area contributed by atoms with Gasteiger partial charge < -0.3 is 9.84 Å². The largest absolute Gasteiger partial charge is 0.455 e. The third kappa shape index (κ3) is 2.78. The fourth-order valence-electron chi connectivity index (χ4n) is 1.59. The average molecular weight is 268 g/mol. The molecule has 1 aromatic carbocycles. The van der Waals surface area contributed by atoms with Gasteiger partial charge >= 0.3 is 0 Å². The Morgan fingerprint density at radius 1 is 1.39 bits per heavy atom. The quantitative estimate of drug-likeness (QED) is 0.922. The van der Waals surface area contributed by atoms with E-state index in [-0.39, 0.29) is 11.3 Å². The van der Waals surface area contributed by atoms with Crippen molar-refractivity contribution in [2.75, 3.05) is 0 Å². The van der Waals surface area contributed by atoms with Crippen molar-refractivity contribution in [1.29, 1.82) is 0 Å². The van der Waals surface area contributed by atoms with Gasteiger partial charge in [0.2, 0.25) is 0 Å². The van der Waals surface area contributed by atoms with Crippen molar-refractivity contribution in [2.24, 2.45) is 0 Å². The molecule has 0 aliphatic carbocycles. The molecule has 0 aliphatic heterocycles.